The number of nitrogens with zero attached hydrogens (tertiary/aromatic N) is 3. The minimum atomic E-state index is 0.645. The number of aromatic nitrogens is 2. The number of halogens is 1. The summed E-state index contributed by atoms with van der Waals surface area (Å²) in [5.74, 6) is 1.55. The number of likely N-dealkylation sites (tertiary alicyclic amines) is 1. The fraction of sp³-hybridized carbons (Fsp3) is 0.400. The molecule has 4 nitrogen and oxygen atoms in total. The molecule has 2 N–H and O–H groups in total. The van der Waals surface area contributed by atoms with Gasteiger partial charge < -0.3 is 10.3 Å². The normalized spacial score (nSPS) is 19.6. The SMILES string of the molecule is NCC1CCN(Cc2cccn2-c2ccc(Cl)cn2)C1. The van der Waals surface area contributed by atoms with Crippen LogP contribution in [0.4, 0.5) is 0 Å². The molecule has 0 aromatic carbocycles. The Hall–Kier alpha value is -1.36. The molecular formula is C15H19ClN4. The summed E-state index contributed by atoms with van der Waals surface area (Å²) in [4.78, 5) is 6.84. The Labute approximate surface area is 124 Å². The molecule has 1 atom stereocenters. The summed E-state index contributed by atoms with van der Waals surface area (Å²) in [6.07, 6.45) is 4.93. The Morgan fingerprint density at radius 2 is 2.25 bits per heavy atom. The fourth-order valence-corrected chi connectivity index (χ4v) is 2.87. The first-order chi connectivity index (χ1) is 9.76. The van der Waals surface area contributed by atoms with Gasteiger partial charge in [-0.1, -0.05) is 11.6 Å². The highest BCUT2D eigenvalue weighted by Crippen LogP contribution is 2.20. The van der Waals surface area contributed by atoms with Crippen LogP contribution in [0.15, 0.2) is 36.7 Å². The van der Waals surface area contributed by atoms with E-state index in [-0.39, 0.29) is 0 Å². The Balaban J connectivity index is 1.75. The van der Waals surface area contributed by atoms with Crippen molar-refractivity contribution < 1.29 is 0 Å². The summed E-state index contributed by atoms with van der Waals surface area (Å²) < 4.78 is 2.12. The minimum absolute atomic E-state index is 0.645. The van der Waals surface area contributed by atoms with Crippen LogP contribution in [0.1, 0.15) is 12.1 Å². The first-order valence-corrected chi connectivity index (χ1v) is 7.34. The lowest BCUT2D eigenvalue weighted by Gasteiger charge is -2.17. The largest absolute Gasteiger partial charge is 0.330 e. The quantitative estimate of drug-likeness (QED) is 0.940. The Bertz CT molecular complexity index is 564. The molecule has 0 saturated carbocycles. The van der Waals surface area contributed by atoms with Gasteiger partial charge in [-0.15, -0.1) is 0 Å². The molecule has 2 aromatic rings. The summed E-state index contributed by atoms with van der Waals surface area (Å²) in [5.41, 5.74) is 7.00. The van der Waals surface area contributed by atoms with Crippen LogP contribution < -0.4 is 5.73 Å². The van der Waals surface area contributed by atoms with Gasteiger partial charge >= 0.3 is 0 Å². The lowest BCUT2D eigenvalue weighted by molar-refractivity contribution is 0.312. The third-order valence-corrected chi connectivity index (χ3v) is 4.10. The molecule has 0 aliphatic carbocycles. The number of pyridine rings is 1. The predicted molar refractivity (Wildman–Crippen MR) is 81.0 cm³/mol. The van der Waals surface area contributed by atoms with Crippen molar-refractivity contribution in [3.05, 3.63) is 47.4 Å². The smallest absolute Gasteiger partial charge is 0.136 e. The molecule has 0 spiro atoms. The van der Waals surface area contributed by atoms with Gasteiger partial charge in [0, 0.05) is 31.2 Å². The van der Waals surface area contributed by atoms with Crippen LogP contribution >= 0.6 is 11.6 Å². The maximum Gasteiger partial charge on any atom is 0.136 e. The van der Waals surface area contributed by atoms with Crippen LogP contribution in [0.2, 0.25) is 5.02 Å². The van der Waals surface area contributed by atoms with Gasteiger partial charge in [-0.3, -0.25) is 4.90 Å². The van der Waals surface area contributed by atoms with E-state index >= 15 is 0 Å². The van der Waals surface area contributed by atoms with Crippen molar-refractivity contribution in [2.45, 2.75) is 13.0 Å². The maximum absolute atomic E-state index is 5.89. The van der Waals surface area contributed by atoms with Gasteiger partial charge in [0.25, 0.3) is 0 Å². The van der Waals surface area contributed by atoms with Gasteiger partial charge in [0.15, 0.2) is 0 Å². The molecule has 20 heavy (non-hydrogen) atoms. The lowest BCUT2D eigenvalue weighted by atomic mass is 10.1. The second-order valence-corrected chi connectivity index (χ2v) is 5.77. The van der Waals surface area contributed by atoms with Crippen molar-refractivity contribution in [1.82, 2.24) is 14.5 Å². The summed E-state index contributed by atoms with van der Waals surface area (Å²) in [7, 11) is 0. The molecule has 0 bridgehead atoms. The van der Waals surface area contributed by atoms with Gasteiger partial charge in [-0.25, -0.2) is 4.98 Å². The summed E-state index contributed by atoms with van der Waals surface area (Å²) >= 11 is 5.89. The Morgan fingerprint density at radius 3 is 2.95 bits per heavy atom. The number of nitrogens with two attached hydrogens (primary N) is 1. The minimum Gasteiger partial charge on any atom is -0.330 e. The molecule has 1 unspecified atom stereocenters. The average Bonchev–Trinajstić information content (AvgIpc) is 3.09. The van der Waals surface area contributed by atoms with E-state index in [1.165, 1.54) is 12.1 Å². The lowest BCUT2D eigenvalue weighted by Crippen LogP contribution is -2.23. The van der Waals surface area contributed by atoms with Crippen LogP contribution in [0, 0.1) is 5.92 Å². The second kappa shape index (κ2) is 5.95. The molecule has 3 heterocycles. The van der Waals surface area contributed by atoms with Crippen molar-refractivity contribution in [3.63, 3.8) is 0 Å². The third kappa shape index (κ3) is 2.87. The van der Waals surface area contributed by atoms with Crippen LogP contribution in [0.3, 0.4) is 0 Å². The second-order valence-electron chi connectivity index (χ2n) is 5.33. The Morgan fingerprint density at radius 1 is 1.35 bits per heavy atom. The van der Waals surface area contributed by atoms with Gasteiger partial charge in [0.2, 0.25) is 0 Å². The van der Waals surface area contributed by atoms with E-state index in [1.807, 2.05) is 18.3 Å². The molecule has 106 valence electrons. The van der Waals surface area contributed by atoms with Crippen molar-refractivity contribution in [2.24, 2.45) is 11.7 Å². The highest BCUT2D eigenvalue weighted by atomic mass is 35.5. The van der Waals surface area contributed by atoms with E-state index in [2.05, 4.69) is 26.6 Å². The van der Waals surface area contributed by atoms with Crippen molar-refractivity contribution in [1.29, 1.82) is 0 Å². The molecule has 2 aromatic heterocycles. The molecule has 5 heteroatoms. The van der Waals surface area contributed by atoms with E-state index in [9.17, 15) is 0 Å². The molecule has 1 aliphatic heterocycles. The molecular weight excluding hydrogens is 272 g/mol. The van der Waals surface area contributed by atoms with Crippen LogP contribution in [0.25, 0.3) is 5.82 Å². The maximum atomic E-state index is 5.89. The highest BCUT2D eigenvalue weighted by Gasteiger charge is 2.22. The standard InChI is InChI=1S/C15H19ClN4/c16-13-3-4-15(18-9-13)20-6-1-2-14(20)11-19-7-5-12(8-17)10-19/h1-4,6,9,12H,5,7-8,10-11,17H2. The third-order valence-electron chi connectivity index (χ3n) is 3.88. The summed E-state index contributed by atoms with van der Waals surface area (Å²) in [6, 6.07) is 8.01. The van der Waals surface area contributed by atoms with Crippen molar-refractivity contribution >= 4 is 11.6 Å². The monoisotopic (exact) mass is 290 g/mol. The van der Waals surface area contributed by atoms with Gasteiger partial charge in [0.1, 0.15) is 5.82 Å². The molecule has 1 saturated heterocycles. The van der Waals surface area contributed by atoms with Crippen LogP contribution in [-0.4, -0.2) is 34.1 Å². The molecule has 1 fully saturated rings. The van der Waals surface area contributed by atoms with E-state index in [4.69, 9.17) is 17.3 Å². The molecule has 0 amide bonds. The zero-order valence-electron chi connectivity index (χ0n) is 11.4. The molecule has 3 rings (SSSR count). The first kappa shape index (κ1) is 13.6. The zero-order valence-corrected chi connectivity index (χ0v) is 12.1. The molecule has 1 aliphatic rings. The van der Waals surface area contributed by atoms with Crippen LogP contribution in [-0.2, 0) is 6.54 Å². The number of hydrogen-bond acceptors (Lipinski definition) is 3. The van der Waals surface area contributed by atoms with Crippen molar-refractivity contribution in [3.8, 4) is 5.82 Å². The Kier molecular flexibility index (Phi) is 4.05. The van der Waals surface area contributed by atoms with E-state index < -0.39 is 0 Å². The first-order valence-electron chi connectivity index (χ1n) is 6.97. The highest BCUT2D eigenvalue weighted by molar-refractivity contribution is 6.30. The van der Waals surface area contributed by atoms with Gasteiger partial charge in [-0.05, 0) is 49.7 Å². The topological polar surface area (TPSA) is 47.1 Å². The van der Waals surface area contributed by atoms with E-state index in [0.29, 0.717) is 10.9 Å². The van der Waals surface area contributed by atoms with E-state index in [0.717, 1.165) is 32.0 Å². The number of rotatable bonds is 4. The number of hydrogen-bond donors (Lipinski definition) is 1. The zero-order chi connectivity index (χ0) is 13.9. The fourth-order valence-electron chi connectivity index (χ4n) is 2.76. The van der Waals surface area contributed by atoms with Gasteiger partial charge in [-0.2, -0.15) is 0 Å². The van der Waals surface area contributed by atoms with Gasteiger partial charge in [0.05, 0.1) is 5.02 Å². The summed E-state index contributed by atoms with van der Waals surface area (Å²) in [6.45, 7) is 3.95. The average molecular weight is 291 g/mol. The predicted octanol–water partition coefficient (Wildman–Crippen LogP) is 2.31. The van der Waals surface area contributed by atoms with Crippen LogP contribution in [0.5, 0.6) is 0 Å². The van der Waals surface area contributed by atoms with Crippen molar-refractivity contribution in [2.75, 3.05) is 19.6 Å². The van der Waals surface area contributed by atoms with E-state index in [1.54, 1.807) is 6.20 Å². The molecule has 0 radical (unpaired) electrons. The summed E-state index contributed by atoms with van der Waals surface area (Å²) in [5, 5.41) is 0.660.